The van der Waals surface area contributed by atoms with Gasteiger partial charge in [-0.2, -0.15) is 13.2 Å². The Bertz CT molecular complexity index is 372. The number of nitrogens with zero attached hydrogens (tertiary/aromatic N) is 1. The number of aromatic nitrogens is 1. The predicted molar refractivity (Wildman–Crippen MR) is 65.0 cm³/mol. The Labute approximate surface area is 109 Å². The average molecular weight is 278 g/mol. The monoisotopic (exact) mass is 278 g/mol. The molecule has 1 N–H and O–H groups in total. The van der Waals surface area contributed by atoms with Gasteiger partial charge in [-0.15, -0.1) is 0 Å². The fraction of sp³-hybridized carbons (Fsp3) is 0.583. The van der Waals surface area contributed by atoms with Crippen LogP contribution in [0.15, 0.2) is 18.2 Å². The summed E-state index contributed by atoms with van der Waals surface area (Å²) in [5.74, 6) is 0.215. The molecule has 0 spiro atoms. The lowest BCUT2D eigenvalue weighted by atomic mass is 10.3. The van der Waals surface area contributed by atoms with Gasteiger partial charge in [-0.3, -0.25) is 0 Å². The third-order valence-corrected chi connectivity index (χ3v) is 2.24. The second kappa shape index (κ2) is 7.96. The molecule has 7 heteroatoms. The highest BCUT2D eigenvalue weighted by molar-refractivity contribution is 5.35. The molecular formula is C12H17F3N2O2. The summed E-state index contributed by atoms with van der Waals surface area (Å²) in [5, 5.41) is 2.83. The molecule has 1 rings (SSSR count). The zero-order valence-electron chi connectivity index (χ0n) is 10.7. The minimum absolute atomic E-state index is 0.215. The lowest BCUT2D eigenvalue weighted by Crippen LogP contribution is -2.12. The fourth-order valence-electron chi connectivity index (χ4n) is 1.33. The van der Waals surface area contributed by atoms with Gasteiger partial charge in [0.15, 0.2) is 0 Å². The van der Waals surface area contributed by atoms with E-state index in [4.69, 9.17) is 9.47 Å². The Balaban J connectivity index is 2.26. The van der Waals surface area contributed by atoms with Gasteiger partial charge in [-0.25, -0.2) is 4.98 Å². The van der Waals surface area contributed by atoms with Gasteiger partial charge in [0.05, 0.1) is 13.2 Å². The molecule has 19 heavy (non-hydrogen) atoms. The molecule has 0 aliphatic carbocycles. The Morgan fingerprint density at radius 2 is 2.00 bits per heavy atom. The Morgan fingerprint density at radius 1 is 1.21 bits per heavy atom. The van der Waals surface area contributed by atoms with Crippen LogP contribution < -0.4 is 5.32 Å². The number of pyridine rings is 1. The summed E-state index contributed by atoms with van der Waals surface area (Å²) >= 11 is 0. The molecular weight excluding hydrogens is 261 g/mol. The maximum absolute atomic E-state index is 12.4. The van der Waals surface area contributed by atoms with Crippen LogP contribution >= 0.6 is 0 Å². The third-order valence-electron chi connectivity index (χ3n) is 2.24. The molecule has 0 radical (unpaired) electrons. The summed E-state index contributed by atoms with van der Waals surface area (Å²) < 4.78 is 47.3. The first-order chi connectivity index (χ1) is 9.04. The SMILES string of the molecule is COCCOCCCNc1cccc(C(F)(F)F)n1. The van der Waals surface area contributed by atoms with Crippen molar-refractivity contribution in [1.29, 1.82) is 0 Å². The van der Waals surface area contributed by atoms with Crippen LogP contribution in [0.2, 0.25) is 0 Å². The smallest absolute Gasteiger partial charge is 0.382 e. The van der Waals surface area contributed by atoms with E-state index in [1.807, 2.05) is 0 Å². The van der Waals surface area contributed by atoms with Crippen LogP contribution in [0.5, 0.6) is 0 Å². The van der Waals surface area contributed by atoms with Crippen molar-refractivity contribution >= 4 is 5.82 Å². The molecule has 0 aliphatic heterocycles. The zero-order valence-corrected chi connectivity index (χ0v) is 10.7. The van der Waals surface area contributed by atoms with Crippen LogP contribution in [0.1, 0.15) is 12.1 Å². The molecule has 0 saturated heterocycles. The van der Waals surface area contributed by atoms with Crippen molar-refractivity contribution in [2.75, 3.05) is 38.8 Å². The van der Waals surface area contributed by atoms with E-state index in [-0.39, 0.29) is 5.82 Å². The van der Waals surface area contributed by atoms with E-state index >= 15 is 0 Å². The van der Waals surface area contributed by atoms with Gasteiger partial charge < -0.3 is 14.8 Å². The molecule has 0 unspecified atom stereocenters. The van der Waals surface area contributed by atoms with Gasteiger partial charge in [0.2, 0.25) is 0 Å². The molecule has 108 valence electrons. The summed E-state index contributed by atoms with van der Waals surface area (Å²) in [4.78, 5) is 3.49. The number of nitrogens with one attached hydrogen (secondary N) is 1. The first-order valence-electron chi connectivity index (χ1n) is 5.89. The predicted octanol–water partition coefficient (Wildman–Crippen LogP) is 2.57. The van der Waals surface area contributed by atoms with Gasteiger partial charge in [0, 0.05) is 20.3 Å². The van der Waals surface area contributed by atoms with Gasteiger partial charge in [0.25, 0.3) is 0 Å². The largest absolute Gasteiger partial charge is 0.433 e. The number of methoxy groups -OCH3 is 1. The molecule has 1 heterocycles. The molecule has 0 fully saturated rings. The molecule has 1 aromatic heterocycles. The standard InChI is InChI=1S/C12H17F3N2O2/c1-18-8-9-19-7-3-6-16-11-5-2-4-10(17-11)12(13,14)15/h2,4-5H,3,6-9H2,1H3,(H,16,17). The van der Waals surface area contributed by atoms with E-state index in [1.54, 1.807) is 7.11 Å². The van der Waals surface area contributed by atoms with Crippen molar-refractivity contribution in [2.24, 2.45) is 0 Å². The molecule has 0 atom stereocenters. The number of anilines is 1. The number of alkyl halides is 3. The van der Waals surface area contributed by atoms with Crippen molar-refractivity contribution < 1.29 is 22.6 Å². The van der Waals surface area contributed by atoms with E-state index in [0.717, 1.165) is 6.07 Å². The van der Waals surface area contributed by atoms with Crippen LogP contribution in [0, 0.1) is 0 Å². The number of hydrogen-bond acceptors (Lipinski definition) is 4. The van der Waals surface area contributed by atoms with E-state index in [1.165, 1.54) is 12.1 Å². The Kier molecular flexibility index (Phi) is 6.58. The van der Waals surface area contributed by atoms with Crippen molar-refractivity contribution in [3.05, 3.63) is 23.9 Å². The maximum atomic E-state index is 12.4. The highest BCUT2D eigenvalue weighted by Gasteiger charge is 2.32. The van der Waals surface area contributed by atoms with E-state index in [0.29, 0.717) is 32.8 Å². The molecule has 1 aromatic rings. The average Bonchev–Trinajstić information content (AvgIpc) is 2.37. The van der Waals surface area contributed by atoms with Crippen LogP contribution in [0.4, 0.5) is 19.0 Å². The number of ether oxygens (including phenoxy) is 2. The van der Waals surface area contributed by atoms with E-state index in [9.17, 15) is 13.2 Å². The van der Waals surface area contributed by atoms with Gasteiger partial charge in [-0.1, -0.05) is 6.07 Å². The van der Waals surface area contributed by atoms with Crippen LogP contribution in [0.25, 0.3) is 0 Å². The number of hydrogen-bond donors (Lipinski definition) is 1. The van der Waals surface area contributed by atoms with Crippen LogP contribution in [0.3, 0.4) is 0 Å². The van der Waals surface area contributed by atoms with Gasteiger partial charge >= 0.3 is 6.18 Å². The Hall–Kier alpha value is -1.34. The third kappa shape index (κ3) is 6.40. The van der Waals surface area contributed by atoms with Crippen LogP contribution in [-0.4, -0.2) is 38.5 Å². The summed E-state index contributed by atoms with van der Waals surface area (Å²) in [6, 6.07) is 3.77. The van der Waals surface area contributed by atoms with Gasteiger partial charge in [0.1, 0.15) is 11.5 Å². The highest BCUT2D eigenvalue weighted by Crippen LogP contribution is 2.28. The summed E-state index contributed by atoms with van der Waals surface area (Å²) in [5.41, 5.74) is -0.895. The molecule has 0 amide bonds. The van der Waals surface area contributed by atoms with Crippen LogP contribution in [-0.2, 0) is 15.7 Å². The van der Waals surface area contributed by atoms with Crippen molar-refractivity contribution in [2.45, 2.75) is 12.6 Å². The molecule has 4 nitrogen and oxygen atoms in total. The first kappa shape index (κ1) is 15.7. The quantitative estimate of drug-likeness (QED) is 0.742. The summed E-state index contributed by atoms with van der Waals surface area (Å²) in [6.07, 6.45) is -3.73. The zero-order chi connectivity index (χ0) is 14.1. The minimum Gasteiger partial charge on any atom is -0.382 e. The van der Waals surface area contributed by atoms with Crippen molar-refractivity contribution in [1.82, 2.24) is 4.98 Å². The maximum Gasteiger partial charge on any atom is 0.433 e. The summed E-state index contributed by atoms with van der Waals surface area (Å²) in [7, 11) is 1.59. The first-order valence-corrected chi connectivity index (χ1v) is 5.89. The second-order valence-electron chi connectivity index (χ2n) is 3.79. The molecule has 0 saturated carbocycles. The van der Waals surface area contributed by atoms with E-state index in [2.05, 4.69) is 10.3 Å². The number of halogens is 3. The van der Waals surface area contributed by atoms with E-state index < -0.39 is 11.9 Å². The highest BCUT2D eigenvalue weighted by atomic mass is 19.4. The Morgan fingerprint density at radius 3 is 2.68 bits per heavy atom. The van der Waals surface area contributed by atoms with Gasteiger partial charge in [-0.05, 0) is 18.6 Å². The van der Waals surface area contributed by atoms with Crippen molar-refractivity contribution in [3.63, 3.8) is 0 Å². The summed E-state index contributed by atoms with van der Waals surface area (Å²) in [6.45, 7) is 2.07. The second-order valence-corrected chi connectivity index (χ2v) is 3.79. The minimum atomic E-state index is -4.42. The lowest BCUT2D eigenvalue weighted by Gasteiger charge is -2.09. The normalized spacial score (nSPS) is 11.6. The fourth-order valence-corrected chi connectivity index (χ4v) is 1.33. The molecule has 0 bridgehead atoms. The number of rotatable bonds is 8. The lowest BCUT2D eigenvalue weighted by molar-refractivity contribution is -0.141. The topological polar surface area (TPSA) is 43.4 Å². The molecule has 0 aliphatic rings. The van der Waals surface area contributed by atoms with Crippen molar-refractivity contribution in [3.8, 4) is 0 Å². The molecule has 0 aromatic carbocycles.